The number of sulfonamides is 1. The topological polar surface area (TPSA) is 142 Å². The SMILES string of the molecule is Cc1[nH]ncc1S(=O)(=O)Nc1ccc([N+](=O)[O-])cc1C#N. The molecule has 0 aliphatic carbocycles. The van der Waals surface area contributed by atoms with Crippen LogP contribution in [0.25, 0.3) is 0 Å². The molecule has 1 aromatic heterocycles. The van der Waals surface area contributed by atoms with Gasteiger partial charge in [-0.25, -0.2) is 8.42 Å². The first kappa shape index (κ1) is 14.5. The monoisotopic (exact) mass is 307 g/mol. The van der Waals surface area contributed by atoms with Gasteiger partial charge in [0, 0.05) is 12.1 Å². The van der Waals surface area contributed by atoms with Gasteiger partial charge in [0.15, 0.2) is 0 Å². The highest BCUT2D eigenvalue weighted by Crippen LogP contribution is 2.24. The highest BCUT2D eigenvalue weighted by molar-refractivity contribution is 7.92. The number of hydrogen-bond acceptors (Lipinski definition) is 6. The van der Waals surface area contributed by atoms with E-state index in [9.17, 15) is 18.5 Å². The normalized spacial score (nSPS) is 10.9. The van der Waals surface area contributed by atoms with Gasteiger partial charge in [-0.15, -0.1) is 0 Å². The van der Waals surface area contributed by atoms with E-state index >= 15 is 0 Å². The Bertz CT molecular complexity index is 850. The zero-order valence-corrected chi connectivity index (χ0v) is 11.5. The molecule has 1 heterocycles. The maximum absolute atomic E-state index is 12.2. The molecule has 10 heteroatoms. The third kappa shape index (κ3) is 2.82. The third-order valence-corrected chi connectivity index (χ3v) is 4.13. The minimum atomic E-state index is -3.93. The van der Waals surface area contributed by atoms with Gasteiger partial charge in [0.1, 0.15) is 11.0 Å². The molecule has 108 valence electrons. The molecule has 0 bridgehead atoms. The van der Waals surface area contributed by atoms with Crippen LogP contribution in [0.1, 0.15) is 11.3 Å². The van der Waals surface area contributed by atoms with E-state index < -0.39 is 14.9 Å². The lowest BCUT2D eigenvalue weighted by Crippen LogP contribution is -2.14. The largest absolute Gasteiger partial charge is 0.281 e. The summed E-state index contributed by atoms with van der Waals surface area (Å²) in [5.74, 6) is 0. The number of H-pyrrole nitrogens is 1. The number of hydrogen-bond donors (Lipinski definition) is 2. The van der Waals surface area contributed by atoms with Gasteiger partial charge in [-0.2, -0.15) is 10.4 Å². The van der Waals surface area contributed by atoms with Crippen molar-refractivity contribution in [2.75, 3.05) is 4.72 Å². The third-order valence-electron chi connectivity index (χ3n) is 2.65. The summed E-state index contributed by atoms with van der Waals surface area (Å²) in [6, 6.07) is 5.00. The van der Waals surface area contributed by atoms with Crippen molar-refractivity contribution < 1.29 is 13.3 Å². The fourth-order valence-electron chi connectivity index (χ4n) is 1.64. The maximum atomic E-state index is 12.2. The summed E-state index contributed by atoms with van der Waals surface area (Å²) in [7, 11) is -3.93. The second kappa shape index (κ2) is 5.22. The number of nitro benzene ring substituents is 1. The smallest absolute Gasteiger partial charge is 0.270 e. The maximum Gasteiger partial charge on any atom is 0.270 e. The molecule has 0 radical (unpaired) electrons. The number of aromatic amines is 1. The van der Waals surface area contributed by atoms with Gasteiger partial charge in [-0.1, -0.05) is 0 Å². The van der Waals surface area contributed by atoms with Crippen LogP contribution in [0.15, 0.2) is 29.3 Å². The minimum Gasteiger partial charge on any atom is -0.281 e. The van der Waals surface area contributed by atoms with Crippen molar-refractivity contribution in [3.63, 3.8) is 0 Å². The van der Waals surface area contributed by atoms with Gasteiger partial charge in [-0.05, 0) is 13.0 Å². The van der Waals surface area contributed by atoms with Gasteiger partial charge in [-0.3, -0.25) is 19.9 Å². The number of nitrogens with zero attached hydrogens (tertiary/aromatic N) is 3. The average Bonchev–Trinajstić information content (AvgIpc) is 2.85. The van der Waals surface area contributed by atoms with Gasteiger partial charge < -0.3 is 0 Å². The lowest BCUT2D eigenvalue weighted by Gasteiger charge is -2.08. The quantitative estimate of drug-likeness (QED) is 0.644. The number of nitro groups is 1. The van der Waals surface area contributed by atoms with Crippen LogP contribution in [0.4, 0.5) is 11.4 Å². The minimum absolute atomic E-state index is 0.0382. The van der Waals surface area contributed by atoms with E-state index in [4.69, 9.17) is 5.26 Å². The zero-order valence-electron chi connectivity index (χ0n) is 10.7. The molecule has 0 spiro atoms. The lowest BCUT2D eigenvalue weighted by atomic mass is 10.2. The summed E-state index contributed by atoms with van der Waals surface area (Å²) in [4.78, 5) is 9.91. The summed E-state index contributed by atoms with van der Waals surface area (Å²) in [5, 5.41) is 25.7. The Labute approximate surface area is 119 Å². The molecule has 0 atom stereocenters. The van der Waals surface area contributed by atoms with Crippen LogP contribution in [-0.2, 0) is 10.0 Å². The van der Waals surface area contributed by atoms with Crippen molar-refractivity contribution in [2.45, 2.75) is 11.8 Å². The van der Waals surface area contributed by atoms with Crippen LogP contribution in [0, 0.1) is 28.4 Å². The number of benzene rings is 1. The zero-order chi connectivity index (χ0) is 15.6. The number of nitrogens with one attached hydrogen (secondary N) is 2. The summed E-state index contributed by atoms with van der Waals surface area (Å²) in [5.41, 5.74) is -0.144. The molecule has 2 rings (SSSR count). The summed E-state index contributed by atoms with van der Waals surface area (Å²) in [6.45, 7) is 1.53. The fourth-order valence-corrected chi connectivity index (χ4v) is 2.86. The molecule has 21 heavy (non-hydrogen) atoms. The van der Waals surface area contributed by atoms with Crippen LogP contribution in [0.2, 0.25) is 0 Å². The number of anilines is 1. The Morgan fingerprint density at radius 1 is 1.48 bits per heavy atom. The standard InChI is InChI=1S/C11H9N5O4S/c1-7-11(6-13-14-7)21(19,20)15-10-3-2-9(16(17)18)4-8(10)5-12/h2-4,6,15H,1H3,(H,13,14). The van der Waals surface area contributed by atoms with Crippen molar-refractivity contribution in [1.82, 2.24) is 10.2 Å². The van der Waals surface area contributed by atoms with Crippen molar-refractivity contribution in [3.05, 3.63) is 45.8 Å². The summed E-state index contributed by atoms with van der Waals surface area (Å²) < 4.78 is 26.5. The molecule has 2 aromatic rings. The van der Waals surface area contributed by atoms with Crippen LogP contribution >= 0.6 is 0 Å². The fraction of sp³-hybridized carbons (Fsp3) is 0.0909. The van der Waals surface area contributed by atoms with E-state index in [-0.39, 0.29) is 21.8 Å². The Kier molecular flexibility index (Phi) is 3.60. The molecular weight excluding hydrogens is 298 g/mol. The van der Waals surface area contributed by atoms with Crippen molar-refractivity contribution >= 4 is 21.4 Å². The highest BCUT2D eigenvalue weighted by atomic mass is 32.2. The highest BCUT2D eigenvalue weighted by Gasteiger charge is 2.21. The summed E-state index contributed by atoms with van der Waals surface area (Å²) >= 11 is 0. The van der Waals surface area contributed by atoms with Gasteiger partial charge in [0.05, 0.1) is 28.1 Å². The van der Waals surface area contributed by atoms with Crippen molar-refractivity contribution in [3.8, 4) is 6.07 Å². The second-order valence-electron chi connectivity index (χ2n) is 4.06. The Balaban J connectivity index is 2.43. The van der Waals surface area contributed by atoms with Crippen molar-refractivity contribution in [1.29, 1.82) is 5.26 Å². The number of non-ortho nitro benzene ring substituents is 1. The molecule has 9 nitrogen and oxygen atoms in total. The Morgan fingerprint density at radius 2 is 2.19 bits per heavy atom. The molecular formula is C11H9N5O4S. The molecule has 1 aromatic carbocycles. The first-order valence-corrected chi connectivity index (χ1v) is 7.05. The summed E-state index contributed by atoms with van der Waals surface area (Å²) in [6.07, 6.45) is 1.13. The number of nitriles is 1. The molecule has 0 aliphatic heterocycles. The van der Waals surface area contributed by atoms with E-state index in [0.717, 1.165) is 18.3 Å². The van der Waals surface area contributed by atoms with E-state index in [1.54, 1.807) is 6.07 Å². The van der Waals surface area contributed by atoms with Gasteiger partial charge >= 0.3 is 0 Å². The van der Waals surface area contributed by atoms with Crippen LogP contribution in [-0.4, -0.2) is 23.5 Å². The van der Waals surface area contributed by atoms with Crippen LogP contribution in [0.3, 0.4) is 0 Å². The molecule has 0 amide bonds. The van der Waals surface area contributed by atoms with E-state index in [2.05, 4.69) is 14.9 Å². The predicted molar refractivity (Wildman–Crippen MR) is 71.9 cm³/mol. The first-order chi connectivity index (χ1) is 9.85. The Morgan fingerprint density at radius 3 is 2.71 bits per heavy atom. The Hall–Kier alpha value is -2.93. The molecule has 0 saturated carbocycles. The second-order valence-corrected chi connectivity index (χ2v) is 5.71. The van der Waals surface area contributed by atoms with E-state index in [0.29, 0.717) is 5.69 Å². The van der Waals surface area contributed by atoms with E-state index in [1.165, 1.54) is 13.0 Å². The molecule has 0 aliphatic rings. The molecule has 2 N–H and O–H groups in total. The van der Waals surface area contributed by atoms with Crippen LogP contribution < -0.4 is 4.72 Å². The van der Waals surface area contributed by atoms with E-state index in [1.807, 2.05) is 0 Å². The van der Waals surface area contributed by atoms with Crippen LogP contribution in [0.5, 0.6) is 0 Å². The predicted octanol–water partition coefficient (Wildman–Crippen LogP) is 1.30. The molecule has 0 fully saturated rings. The van der Waals surface area contributed by atoms with Gasteiger partial charge in [0.2, 0.25) is 0 Å². The average molecular weight is 307 g/mol. The first-order valence-electron chi connectivity index (χ1n) is 5.56. The number of aromatic nitrogens is 2. The number of aryl methyl sites for hydroxylation is 1. The van der Waals surface area contributed by atoms with Gasteiger partial charge in [0.25, 0.3) is 15.7 Å². The lowest BCUT2D eigenvalue weighted by molar-refractivity contribution is -0.384. The van der Waals surface area contributed by atoms with Crippen molar-refractivity contribution in [2.24, 2.45) is 0 Å². The number of rotatable bonds is 4. The molecule has 0 saturated heterocycles. The molecule has 0 unspecified atom stereocenters.